The van der Waals surface area contributed by atoms with E-state index in [-0.39, 0.29) is 23.8 Å². The molecule has 6 heteroatoms. The van der Waals surface area contributed by atoms with E-state index in [0.29, 0.717) is 0 Å². The summed E-state index contributed by atoms with van der Waals surface area (Å²) in [5, 5.41) is 31.6. The number of hydrogen-bond acceptors (Lipinski definition) is 5. The molecule has 0 amide bonds. The second kappa shape index (κ2) is 4.81. The van der Waals surface area contributed by atoms with Gasteiger partial charge in [0.25, 0.3) is 0 Å². The van der Waals surface area contributed by atoms with Crippen molar-refractivity contribution in [3.8, 4) is 0 Å². The summed E-state index contributed by atoms with van der Waals surface area (Å²) in [5.74, 6) is -2.17. The Labute approximate surface area is 127 Å². The number of alkyl halides is 1. The SMILES string of the molecule is C=C1C(=O)O[C@@H]2[C@@H]1[C@@H](O)C[C@@](O)(CCl)[C@@H]1[C@H]2C(C)=C[C@@H]1O. The zero-order valence-electron chi connectivity index (χ0n) is 11.7. The molecule has 0 aromatic carbocycles. The Kier molecular flexibility index (Phi) is 3.44. The Bertz CT molecular complexity index is 530. The van der Waals surface area contributed by atoms with Gasteiger partial charge in [0.15, 0.2) is 0 Å². The van der Waals surface area contributed by atoms with Crippen molar-refractivity contribution in [1.29, 1.82) is 0 Å². The van der Waals surface area contributed by atoms with Gasteiger partial charge in [-0.25, -0.2) is 4.79 Å². The predicted molar refractivity (Wildman–Crippen MR) is 75.5 cm³/mol. The second-order valence-corrected chi connectivity index (χ2v) is 6.65. The molecule has 0 aromatic heterocycles. The smallest absolute Gasteiger partial charge is 0.334 e. The van der Waals surface area contributed by atoms with E-state index in [1.807, 2.05) is 6.92 Å². The molecule has 2 aliphatic carbocycles. The molecule has 0 radical (unpaired) electrons. The first kappa shape index (κ1) is 15.0. The molecule has 2 fully saturated rings. The zero-order valence-corrected chi connectivity index (χ0v) is 12.5. The van der Waals surface area contributed by atoms with Gasteiger partial charge in [-0.3, -0.25) is 0 Å². The summed E-state index contributed by atoms with van der Waals surface area (Å²) in [6, 6.07) is 0. The molecular formula is C15H19ClO5. The van der Waals surface area contributed by atoms with Crippen molar-refractivity contribution in [1.82, 2.24) is 0 Å². The van der Waals surface area contributed by atoms with Crippen LogP contribution in [0.25, 0.3) is 0 Å². The summed E-state index contributed by atoms with van der Waals surface area (Å²) in [6.45, 7) is 5.54. The van der Waals surface area contributed by atoms with Crippen LogP contribution in [0, 0.1) is 17.8 Å². The lowest BCUT2D eigenvalue weighted by Crippen LogP contribution is -2.48. The van der Waals surface area contributed by atoms with Crippen LogP contribution >= 0.6 is 11.6 Å². The van der Waals surface area contributed by atoms with Gasteiger partial charge in [-0.1, -0.05) is 18.2 Å². The Hall–Kier alpha value is -0.880. The van der Waals surface area contributed by atoms with Crippen LogP contribution in [0.2, 0.25) is 0 Å². The lowest BCUT2D eigenvalue weighted by Gasteiger charge is -2.37. The first-order valence-electron chi connectivity index (χ1n) is 7.02. The van der Waals surface area contributed by atoms with E-state index in [1.165, 1.54) is 0 Å². The maximum absolute atomic E-state index is 11.8. The number of rotatable bonds is 1. The summed E-state index contributed by atoms with van der Waals surface area (Å²) in [4.78, 5) is 11.8. The molecule has 1 heterocycles. The van der Waals surface area contributed by atoms with Crippen molar-refractivity contribution in [3.05, 3.63) is 23.8 Å². The van der Waals surface area contributed by atoms with Gasteiger partial charge in [-0.2, -0.15) is 0 Å². The number of esters is 1. The number of halogens is 1. The fourth-order valence-electron chi connectivity index (χ4n) is 4.22. The Balaban J connectivity index is 2.10. The lowest BCUT2D eigenvalue weighted by molar-refractivity contribution is -0.143. The number of aliphatic hydroxyl groups excluding tert-OH is 2. The van der Waals surface area contributed by atoms with Crippen molar-refractivity contribution < 1.29 is 24.9 Å². The van der Waals surface area contributed by atoms with Crippen LogP contribution in [0.4, 0.5) is 0 Å². The third-order valence-electron chi connectivity index (χ3n) is 5.16. The number of aliphatic hydroxyl groups is 3. The van der Waals surface area contributed by atoms with Crippen molar-refractivity contribution in [2.24, 2.45) is 17.8 Å². The van der Waals surface area contributed by atoms with Gasteiger partial charge in [-0.05, 0) is 6.92 Å². The summed E-state index contributed by atoms with van der Waals surface area (Å²) < 4.78 is 5.39. The third-order valence-corrected chi connectivity index (χ3v) is 5.62. The molecule has 1 aliphatic heterocycles. The normalized spacial score (nSPS) is 49.3. The van der Waals surface area contributed by atoms with Gasteiger partial charge >= 0.3 is 5.97 Å². The van der Waals surface area contributed by atoms with Crippen molar-refractivity contribution in [2.75, 3.05) is 5.88 Å². The molecular weight excluding hydrogens is 296 g/mol. The first-order chi connectivity index (χ1) is 9.80. The van der Waals surface area contributed by atoms with Gasteiger partial charge in [0.1, 0.15) is 6.10 Å². The molecule has 7 atom stereocenters. The Morgan fingerprint density at radius 3 is 2.76 bits per heavy atom. The molecule has 3 N–H and O–H groups in total. The van der Waals surface area contributed by atoms with E-state index in [4.69, 9.17) is 16.3 Å². The Morgan fingerprint density at radius 2 is 2.14 bits per heavy atom. The summed E-state index contributed by atoms with van der Waals surface area (Å²) in [5.41, 5.74) is -0.363. The van der Waals surface area contributed by atoms with Gasteiger partial charge in [0, 0.05) is 23.8 Å². The monoisotopic (exact) mass is 314 g/mol. The summed E-state index contributed by atoms with van der Waals surface area (Å²) >= 11 is 5.94. The van der Waals surface area contributed by atoms with E-state index in [1.54, 1.807) is 6.08 Å². The molecule has 5 nitrogen and oxygen atoms in total. The van der Waals surface area contributed by atoms with Gasteiger partial charge in [0.05, 0.1) is 29.6 Å². The average molecular weight is 315 g/mol. The number of hydrogen-bond donors (Lipinski definition) is 3. The molecule has 3 rings (SSSR count). The highest BCUT2D eigenvalue weighted by Gasteiger charge is 2.60. The van der Waals surface area contributed by atoms with Gasteiger partial charge < -0.3 is 20.1 Å². The van der Waals surface area contributed by atoms with Crippen LogP contribution < -0.4 is 0 Å². The van der Waals surface area contributed by atoms with E-state index >= 15 is 0 Å². The molecule has 0 spiro atoms. The minimum Gasteiger partial charge on any atom is -0.458 e. The second-order valence-electron chi connectivity index (χ2n) is 6.38. The number of carbonyl (C=O) groups excluding carboxylic acids is 1. The van der Waals surface area contributed by atoms with Crippen LogP contribution in [-0.2, 0) is 9.53 Å². The summed E-state index contributed by atoms with van der Waals surface area (Å²) in [7, 11) is 0. The van der Waals surface area contributed by atoms with Crippen LogP contribution in [0.1, 0.15) is 13.3 Å². The minimum atomic E-state index is -1.42. The van der Waals surface area contributed by atoms with Crippen LogP contribution in [-0.4, -0.2) is 51.1 Å². The Morgan fingerprint density at radius 1 is 1.48 bits per heavy atom. The molecule has 21 heavy (non-hydrogen) atoms. The highest BCUT2D eigenvalue weighted by Crippen LogP contribution is 2.52. The summed E-state index contributed by atoms with van der Waals surface area (Å²) in [6.07, 6.45) is -0.834. The first-order valence-corrected chi connectivity index (χ1v) is 7.56. The highest BCUT2D eigenvalue weighted by atomic mass is 35.5. The predicted octanol–water partition coefficient (Wildman–Crippen LogP) is 0.372. The topological polar surface area (TPSA) is 87.0 Å². The van der Waals surface area contributed by atoms with Gasteiger partial charge in [-0.15, -0.1) is 11.6 Å². The fourth-order valence-corrected chi connectivity index (χ4v) is 4.51. The largest absolute Gasteiger partial charge is 0.458 e. The van der Waals surface area contributed by atoms with E-state index in [0.717, 1.165) is 5.57 Å². The molecule has 3 aliphatic rings. The molecule has 0 bridgehead atoms. The average Bonchev–Trinajstić information content (AvgIpc) is 2.83. The maximum atomic E-state index is 11.8. The molecule has 116 valence electrons. The lowest BCUT2D eigenvalue weighted by atomic mass is 9.75. The molecule has 1 saturated heterocycles. The van der Waals surface area contributed by atoms with Crippen LogP contribution in [0.15, 0.2) is 23.8 Å². The van der Waals surface area contributed by atoms with Crippen LogP contribution in [0.3, 0.4) is 0 Å². The number of ether oxygens (including phenoxy) is 1. The molecule has 1 saturated carbocycles. The van der Waals surface area contributed by atoms with Crippen molar-refractivity contribution in [3.63, 3.8) is 0 Å². The molecule has 0 unspecified atom stereocenters. The standard InChI is InChI=1S/C15H19ClO5/c1-6-3-8(17)12-10(6)13-11(7(2)14(19)21-13)9(18)4-15(12,20)5-16/h3,8-13,17-18,20H,2,4-5H2,1H3/t8-,9-,10+,11-,12-,13-,15+/m0/s1. The number of carbonyl (C=O) groups is 1. The van der Waals surface area contributed by atoms with Crippen LogP contribution in [0.5, 0.6) is 0 Å². The van der Waals surface area contributed by atoms with E-state index in [2.05, 4.69) is 6.58 Å². The quantitative estimate of drug-likeness (QED) is 0.282. The van der Waals surface area contributed by atoms with E-state index in [9.17, 15) is 20.1 Å². The number of fused-ring (bicyclic) bond motifs is 3. The van der Waals surface area contributed by atoms with E-state index < -0.39 is 41.7 Å². The third kappa shape index (κ3) is 1.99. The molecule has 0 aromatic rings. The van der Waals surface area contributed by atoms with Crippen molar-refractivity contribution in [2.45, 2.75) is 37.3 Å². The van der Waals surface area contributed by atoms with Gasteiger partial charge in [0.2, 0.25) is 0 Å². The zero-order chi connectivity index (χ0) is 15.5. The fraction of sp³-hybridized carbons (Fsp3) is 0.667. The maximum Gasteiger partial charge on any atom is 0.334 e. The van der Waals surface area contributed by atoms with Crippen molar-refractivity contribution >= 4 is 17.6 Å². The minimum absolute atomic E-state index is 0.0212. The highest BCUT2D eigenvalue weighted by molar-refractivity contribution is 6.18.